The standard InChI is InChI=1S/C17H11BrF3N3O4/c18-9-1-2-10-11(6-9)16(28)24(15(10)27)4-3-13(25)23-12-5-8(17(19,20)21)7-22-14(12)26/h1-2,5-7H,3-4H2,(H,22,26)(H,23,25). The van der Waals surface area contributed by atoms with E-state index in [1.165, 1.54) is 12.1 Å². The average molecular weight is 458 g/mol. The van der Waals surface area contributed by atoms with Gasteiger partial charge in [0, 0.05) is 23.6 Å². The predicted molar refractivity (Wildman–Crippen MR) is 94.8 cm³/mol. The Balaban J connectivity index is 1.68. The molecule has 11 heteroatoms. The molecule has 1 aliphatic heterocycles. The molecule has 0 fully saturated rings. The number of hydrogen-bond acceptors (Lipinski definition) is 4. The number of carbonyl (C=O) groups is 3. The Kier molecular flexibility index (Phi) is 5.11. The van der Waals surface area contributed by atoms with Crippen LogP contribution in [-0.4, -0.2) is 34.2 Å². The van der Waals surface area contributed by atoms with Crippen molar-refractivity contribution in [1.29, 1.82) is 0 Å². The lowest BCUT2D eigenvalue weighted by Gasteiger charge is -2.13. The summed E-state index contributed by atoms with van der Waals surface area (Å²) in [5.74, 6) is -1.97. The topological polar surface area (TPSA) is 99.3 Å². The second kappa shape index (κ2) is 7.23. The molecule has 1 aromatic heterocycles. The molecular weight excluding hydrogens is 447 g/mol. The van der Waals surface area contributed by atoms with Crippen LogP contribution < -0.4 is 10.9 Å². The minimum atomic E-state index is -4.70. The molecule has 0 spiro atoms. The number of alkyl halides is 3. The first-order chi connectivity index (χ1) is 13.1. The maximum Gasteiger partial charge on any atom is 0.417 e. The molecule has 3 rings (SSSR count). The van der Waals surface area contributed by atoms with Gasteiger partial charge in [-0.1, -0.05) is 15.9 Å². The Bertz CT molecular complexity index is 1050. The van der Waals surface area contributed by atoms with E-state index in [2.05, 4.69) is 21.2 Å². The number of halogens is 4. The van der Waals surface area contributed by atoms with Crippen LogP contribution in [0.15, 0.2) is 39.7 Å². The summed E-state index contributed by atoms with van der Waals surface area (Å²) in [4.78, 5) is 51.0. The number of nitrogens with one attached hydrogen (secondary N) is 2. The molecule has 0 bridgehead atoms. The Morgan fingerprint density at radius 1 is 1.11 bits per heavy atom. The number of pyridine rings is 1. The zero-order valence-corrected chi connectivity index (χ0v) is 15.5. The highest BCUT2D eigenvalue weighted by molar-refractivity contribution is 9.10. The summed E-state index contributed by atoms with van der Waals surface area (Å²) in [6.07, 6.45) is -4.59. The summed E-state index contributed by atoms with van der Waals surface area (Å²) in [5, 5.41) is 2.07. The molecule has 0 atom stereocenters. The quantitative estimate of drug-likeness (QED) is 0.689. The number of carbonyl (C=O) groups excluding carboxylic acids is 3. The molecule has 0 saturated carbocycles. The van der Waals surface area contributed by atoms with Gasteiger partial charge in [0.15, 0.2) is 0 Å². The maximum absolute atomic E-state index is 12.7. The molecule has 2 aromatic rings. The monoisotopic (exact) mass is 457 g/mol. The second-order valence-electron chi connectivity index (χ2n) is 5.88. The summed E-state index contributed by atoms with van der Waals surface area (Å²) < 4.78 is 38.7. The van der Waals surface area contributed by atoms with Crippen LogP contribution in [0.4, 0.5) is 18.9 Å². The van der Waals surface area contributed by atoms with E-state index in [1.807, 2.05) is 4.98 Å². The highest BCUT2D eigenvalue weighted by Crippen LogP contribution is 2.29. The molecule has 1 aromatic carbocycles. The fourth-order valence-electron chi connectivity index (χ4n) is 2.63. The molecule has 28 heavy (non-hydrogen) atoms. The van der Waals surface area contributed by atoms with Crippen molar-refractivity contribution in [2.75, 3.05) is 11.9 Å². The van der Waals surface area contributed by atoms with Crippen molar-refractivity contribution >= 4 is 39.3 Å². The highest BCUT2D eigenvalue weighted by Gasteiger charge is 2.35. The largest absolute Gasteiger partial charge is 0.417 e. The van der Waals surface area contributed by atoms with Crippen LogP contribution in [-0.2, 0) is 11.0 Å². The van der Waals surface area contributed by atoms with Crippen LogP contribution in [0, 0.1) is 0 Å². The molecule has 146 valence electrons. The van der Waals surface area contributed by atoms with E-state index in [1.54, 1.807) is 6.07 Å². The third-order valence-corrected chi connectivity index (χ3v) is 4.49. The van der Waals surface area contributed by atoms with E-state index in [0.717, 1.165) is 4.90 Å². The van der Waals surface area contributed by atoms with Gasteiger partial charge in [-0.15, -0.1) is 0 Å². The fraction of sp³-hybridized carbons (Fsp3) is 0.176. The van der Waals surface area contributed by atoms with Gasteiger partial charge in [-0.2, -0.15) is 13.2 Å². The fourth-order valence-corrected chi connectivity index (χ4v) is 2.99. The first-order valence-corrected chi connectivity index (χ1v) is 8.63. The number of fused-ring (bicyclic) bond motifs is 1. The molecular formula is C17H11BrF3N3O4. The summed E-state index contributed by atoms with van der Waals surface area (Å²) in [6, 6.07) is 5.07. The molecule has 3 amide bonds. The third-order valence-electron chi connectivity index (χ3n) is 4.00. The molecule has 1 aliphatic rings. The van der Waals surface area contributed by atoms with Crippen molar-refractivity contribution in [3.63, 3.8) is 0 Å². The van der Waals surface area contributed by atoms with Crippen LogP contribution >= 0.6 is 15.9 Å². The summed E-state index contributed by atoms with van der Waals surface area (Å²) in [7, 11) is 0. The minimum Gasteiger partial charge on any atom is -0.327 e. The normalized spacial score (nSPS) is 13.6. The lowest BCUT2D eigenvalue weighted by molar-refractivity contribution is -0.137. The van der Waals surface area contributed by atoms with E-state index < -0.39 is 40.7 Å². The van der Waals surface area contributed by atoms with E-state index >= 15 is 0 Å². The van der Waals surface area contributed by atoms with Crippen molar-refractivity contribution in [3.8, 4) is 0 Å². The number of rotatable bonds is 4. The van der Waals surface area contributed by atoms with Gasteiger partial charge >= 0.3 is 6.18 Å². The van der Waals surface area contributed by atoms with Gasteiger partial charge in [-0.25, -0.2) is 0 Å². The van der Waals surface area contributed by atoms with E-state index in [-0.39, 0.29) is 24.1 Å². The third kappa shape index (κ3) is 3.84. The molecule has 2 N–H and O–H groups in total. The summed E-state index contributed by atoms with van der Waals surface area (Å²) in [5.41, 5.74) is -2.23. The number of anilines is 1. The van der Waals surface area contributed by atoms with Gasteiger partial charge < -0.3 is 10.3 Å². The predicted octanol–water partition coefficient (Wildman–Crippen LogP) is 2.78. The molecule has 2 heterocycles. The van der Waals surface area contributed by atoms with Crippen LogP contribution in [0.5, 0.6) is 0 Å². The van der Waals surface area contributed by atoms with Gasteiger partial charge in [0.2, 0.25) is 5.91 Å². The smallest absolute Gasteiger partial charge is 0.327 e. The number of amides is 3. The van der Waals surface area contributed by atoms with Crippen molar-refractivity contribution in [3.05, 3.63) is 62.0 Å². The molecule has 0 aliphatic carbocycles. The van der Waals surface area contributed by atoms with E-state index in [9.17, 15) is 32.3 Å². The number of imide groups is 1. The summed E-state index contributed by atoms with van der Waals surface area (Å²) in [6.45, 7) is -0.285. The van der Waals surface area contributed by atoms with Crippen LogP contribution in [0.3, 0.4) is 0 Å². The zero-order valence-electron chi connectivity index (χ0n) is 13.9. The van der Waals surface area contributed by atoms with Crippen LogP contribution in [0.1, 0.15) is 32.7 Å². The van der Waals surface area contributed by atoms with Crippen LogP contribution in [0.25, 0.3) is 0 Å². The van der Waals surface area contributed by atoms with Gasteiger partial charge in [-0.3, -0.25) is 24.1 Å². The first-order valence-electron chi connectivity index (χ1n) is 7.83. The second-order valence-corrected chi connectivity index (χ2v) is 6.79. The lowest BCUT2D eigenvalue weighted by Crippen LogP contribution is -2.33. The Labute approximate surface area is 163 Å². The number of aromatic nitrogens is 1. The molecule has 0 unspecified atom stereocenters. The Hall–Kier alpha value is -2.95. The van der Waals surface area contributed by atoms with Gasteiger partial charge in [0.05, 0.1) is 16.7 Å². The van der Waals surface area contributed by atoms with Gasteiger partial charge in [-0.05, 0) is 24.3 Å². The van der Waals surface area contributed by atoms with E-state index in [0.29, 0.717) is 16.7 Å². The first kappa shape index (κ1) is 19.8. The van der Waals surface area contributed by atoms with Crippen molar-refractivity contribution in [2.24, 2.45) is 0 Å². The van der Waals surface area contributed by atoms with Gasteiger partial charge in [0.1, 0.15) is 5.69 Å². The molecule has 0 saturated heterocycles. The van der Waals surface area contributed by atoms with Gasteiger partial charge in [0.25, 0.3) is 17.4 Å². The number of benzene rings is 1. The highest BCUT2D eigenvalue weighted by atomic mass is 79.9. The van der Waals surface area contributed by atoms with Crippen LogP contribution in [0.2, 0.25) is 0 Å². The lowest BCUT2D eigenvalue weighted by atomic mass is 10.1. The minimum absolute atomic E-state index is 0.189. The molecule has 7 nitrogen and oxygen atoms in total. The zero-order chi connectivity index (χ0) is 20.6. The number of hydrogen-bond donors (Lipinski definition) is 2. The number of H-pyrrole nitrogens is 1. The maximum atomic E-state index is 12.7. The number of nitrogens with zero attached hydrogens (tertiary/aromatic N) is 1. The summed E-state index contributed by atoms with van der Waals surface area (Å²) >= 11 is 3.20. The SMILES string of the molecule is O=C(CCN1C(=O)c2ccc(Br)cc2C1=O)Nc1cc(C(F)(F)F)c[nH]c1=O. The Morgan fingerprint density at radius 2 is 1.79 bits per heavy atom. The van der Waals surface area contributed by atoms with Crippen molar-refractivity contribution < 1.29 is 27.6 Å². The van der Waals surface area contributed by atoms with E-state index in [4.69, 9.17) is 0 Å². The molecule has 0 radical (unpaired) electrons. The Morgan fingerprint density at radius 3 is 2.46 bits per heavy atom. The average Bonchev–Trinajstić information content (AvgIpc) is 2.84. The number of aromatic amines is 1. The van der Waals surface area contributed by atoms with Crippen molar-refractivity contribution in [1.82, 2.24) is 9.88 Å². The van der Waals surface area contributed by atoms with Crippen molar-refractivity contribution in [2.45, 2.75) is 12.6 Å².